The lowest BCUT2D eigenvalue weighted by Gasteiger charge is -2.43. The lowest BCUT2D eigenvalue weighted by molar-refractivity contribution is 0.387. The van der Waals surface area contributed by atoms with Crippen molar-refractivity contribution < 1.29 is 0 Å². The smallest absolute Gasteiger partial charge is 0.258 e. The number of rotatable bonds is 2. The minimum Gasteiger partial charge on any atom is -0.351 e. The summed E-state index contributed by atoms with van der Waals surface area (Å²) in [4.78, 5) is 22.9. The summed E-state index contributed by atoms with van der Waals surface area (Å²) in [5.41, 5.74) is 2.42. The first kappa shape index (κ1) is 18.8. The molecule has 0 unspecified atom stereocenters. The lowest BCUT2D eigenvalue weighted by Crippen LogP contribution is -2.53. The number of hydrogen-bond acceptors (Lipinski definition) is 5. The summed E-state index contributed by atoms with van der Waals surface area (Å²) in [5.74, 6) is 1.52. The van der Waals surface area contributed by atoms with Crippen LogP contribution >= 0.6 is 0 Å². The van der Waals surface area contributed by atoms with Crippen molar-refractivity contribution in [2.75, 3.05) is 11.4 Å². The second-order valence-electron chi connectivity index (χ2n) is 8.68. The molecule has 0 spiro atoms. The highest BCUT2D eigenvalue weighted by Gasteiger charge is 2.53. The quantitative estimate of drug-likeness (QED) is 0.535. The summed E-state index contributed by atoms with van der Waals surface area (Å²) in [7, 11) is 0. The fourth-order valence-corrected chi connectivity index (χ4v) is 5.43. The number of nitrogens with zero attached hydrogens (tertiary/aromatic N) is 5. The number of nitriles is 1. The van der Waals surface area contributed by atoms with Crippen molar-refractivity contribution in [2.45, 2.75) is 37.6 Å². The molecule has 0 bridgehead atoms. The molecule has 0 saturated carbocycles. The van der Waals surface area contributed by atoms with Crippen LogP contribution in [0.5, 0.6) is 0 Å². The fourth-order valence-electron chi connectivity index (χ4n) is 5.43. The minimum absolute atomic E-state index is 0.0807. The van der Waals surface area contributed by atoms with Crippen LogP contribution in [-0.2, 0) is 11.8 Å². The Morgan fingerprint density at radius 3 is 2.75 bits per heavy atom. The molecule has 158 valence electrons. The predicted molar refractivity (Wildman–Crippen MR) is 122 cm³/mol. The first-order chi connectivity index (χ1) is 15.6. The Morgan fingerprint density at radius 2 is 1.94 bits per heavy atom. The molecule has 4 heterocycles. The number of aromatic amines is 1. The third kappa shape index (κ3) is 2.50. The van der Waals surface area contributed by atoms with E-state index in [-0.39, 0.29) is 11.6 Å². The maximum absolute atomic E-state index is 12.9. The topological polar surface area (TPSA) is 90.6 Å². The first-order valence-electron chi connectivity index (χ1n) is 10.9. The van der Waals surface area contributed by atoms with E-state index in [2.05, 4.69) is 16.0 Å². The van der Waals surface area contributed by atoms with Crippen LogP contribution < -0.4 is 10.5 Å². The normalized spacial score (nSPS) is 21.9. The highest BCUT2D eigenvalue weighted by molar-refractivity contribution is 5.77. The average Bonchev–Trinajstić information content (AvgIpc) is 3.44. The van der Waals surface area contributed by atoms with Gasteiger partial charge in [0, 0.05) is 18.5 Å². The van der Waals surface area contributed by atoms with E-state index in [1.54, 1.807) is 6.07 Å². The summed E-state index contributed by atoms with van der Waals surface area (Å²) >= 11 is 0. The van der Waals surface area contributed by atoms with Gasteiger partial charge in [-0.3, -0.25) is 4.79 Å². The summed E-state index contributed by atoms with van der Waals surface area (Å²) < 4.78 is 2.00. The summed E-state index contributed by atoms with van der Waals surface area (Å²) in [5, 5.41) is 16.0. The highest BCUT2D eigenvalue weighted by atomic mass is 16.1. The standard InChI is InChI=1S/C25H22N6O/c1-16-19-14-25(15-26,24-27-20-11-6-5-10-18(20)22(32)28-24)21-12-7-13-30(21)23(19)31(29-16)17-8-3-2-4-9-17/h2-6,8-11,21H,7,12-14H2,1H3,(H,27,28,32)/t21-,25-/m0/s1. The van der Waals surface area contributed by atoms with Crippen molar-refractivity contribution in [3.63, 3.8) is 0 Å². The van der Waals surface area contributed by atoms with E-state index in [4.69, 9.17) is 10.1 Å². The summed E-state index contributed by atoms with van der Waals surface area (Å²) in [6, 6.07) is 19.9. The number of H-pyrrole nitrogens is 1. The summed E-state index contributed by atoms with van der Waals surface area (Å²) in [6.07, 6.45) is 2.31. The van der Waals surface area contributed by atoms with Gasteiger partial charge >= 0.3 is 0 Å². The van der Waals surface area contributed by atoms with Crippen molar-refractivity contribution in [1.82, 2.24) is 19.7 Å². The van der Waals surface area contributed by atoms with Gasteiger partial charge in [0.25, 0.3) is 5.56 Å². The Bertz CT molecular complexity index is 1450. The molecular weight excluding hydrogens is 400 g/mol. The largest absolute Gasteiger partial charge is 0.351 e. The SMILES string of the molecule is Cc1nn(-c2ccccc2)c2c1C[C@@](C#N)(c1nc3ccccc3c(=O)[nH]1)[C@@H]1CCCN21. The molecule has 6 rings (SSSR count). The molecule has 2 aromatic carbocycles. The molecule has 7 nitrogen and oxygen atoms in total. The maximum atomic E-state index is 12.9. The van der Waals surface area contributed by atoms with Crippen molar-refractivity contribution in [1.29, 1.82) is 5.26 Å². The molecule has 4 aromatic rings. The van der Waals surface area contributed by atoms with Crippen molar-refractivity contribution in [2.24, 2.45) is 0 Å². The van der Waals surface area contributed by atoms with Gasteiger partial charge in [-0.1, -0.05) is 30.3 Å². The predicted octanol–water partition coefficient (Wildman–Crippen LogP) is 3.40. The van der Waals surface area contributed by atoms with Crippen LogP contribution in [0, 0.1) is 18.3 Å². The zero-order chi connectivity index (χ0) is 21.9. The molecule has 2 aliphatic heterocycles. The monoisotopic (exact) mass is 422 g/mol. The second kappa shape index (κ2) is 6.79. The third-order valence-corrected chi connectivity index (χ3v) is 6.94. The highest BCUT2D eigenvalue weighted by Crippen LogP contribution is 2.48. The average molecular weight is 422 g/mol. The van der Waals surface area contributed by atoms with Gasteiger partial charge in [-0.15, -0.1) is 0 Å². The molecule has 2 atom stereocenters. The van der Waals surface area contributed by atoms with Crippen LogP contribution in [0.15, 0.2) is 59.4 Å². The van der Waals surface area contributed by atoms with Crippen molar-refractivity contribution in [3.05, 3.63) is 82.0 Å². The lowest BCUT2D eigenvalue weighted by atomic mass is 9.72. The molecule has 7 heteroatoms. The van der Waals surface area contributed by atoms with Crippen LogP contribution in [0.1, 0.15) is 29.9 Å². The molecule has 1 N–H and O–H groups in total. The fraction of sp³-hybridized carbons (Fsp3) is 0.280. The van der Waals surface area contributed by atoms with E-state index in [9.17, 15) is 10.1 Å². The molecule has 32 heavy (non-hydrogen) atoms. The Labute approximate surface area is 184 Å². The number of nitrogens with one attached hydrogen (secondary N) is 1. The molecule has 1 saturated heterocycles. The minimum atomic E-state index is -0.942. The molecule has 2 aromatic heterocycles. The van der Waals surface area contributed by atoms with E-state index in [1.807, 2.05) is 60.1 Å². The van der Waals surface area contributed by atoms with Crippen LogP contribution in [0.2, 0.25) is 0 Å². The van der Waals surface area contributed by atoms with Crippen LogP contribution in [0.4, 0.5) is 5.82 Å². The zero-order valence-corrected chi connectivity index (χ0v) is 17.7. The summed E-state index contributed by atoms with van der Waals surface area (Å²) in [6.45, 7) is 2.84. The number of para-hydroxylation sites is 2. The molecule has 0 aliphatic carbocycles. The van der Waals surface area contributed by atoms with E-state index >= 15 is 0 Å². The molecular formula is C25H22N6O. The van der Waals surface area contributed by atoms with E-state index in [0.717, 1.165) is 42.1 Å². The van der Waals surface area contributed by atoms with Crippen LogP contribution in [0.3, 0.4) is 0 Å². The van der Waals surface area contributed by atoms with Crippen molar-refractivity contribution in [3.8, 4) is 11.8 Å². The maximum Gasteiger partial charge on any atom is 0.258 e. The van der Waals surface area contributed by atoms with E-state index in [1.165, 1.54) is 0 Å². The molecule has 1 fully saturated rings. The van der Waals surface area contributed by atoms with Gasteiger partial charge < -0.3 is 9.88 Å². The van der Waals surface area contributed by atoms with Crippen molar-refractivity contribution >= 4 is 16.7 Å². The zero-order valence-electron chi connectivity index (χ0n) is 17.7. The van der Waals surface area contributed by atoms with Crippen LogP contribution in [-0.4, -0.2) is 32.3 Å². The Kier molecular flexibility index (Phi) is 3.99. The van der Waals surface area contributed by atoms with Gasteiger partial charge in [-0.2, -0.15) is 10.4 Å². The molecule has 0 radical (unpaired) electrons. The van der Waals surface area contributed by atoms with Gasteiger partial charge in [-0.05, 0) is 44.0 Å². The van der Waals surface area contributed by atoms with Gasteiger partial charge in [-0.25, -0.2) is 9.67 Å². The second-order valence-corrected chi connectivity index (χ2v) is 8.68. The number of fused-ring (bicyclic) bond motifs is 4. The number of benzene rings is 2. The van der Waals surface area contributed by atoms with Gasteiger partial charge in [0.15, 0.2) is 0 Å². The Balaban J connectivity index is 1.58. The number of anilines is 1. The molecule has 2 aliphatic rings. The van der Waals surface area contributed by atoms with Crippen LogP contribution in [0.25, 0.3) is 16.6 Å². The molecule has 0 amide bonds. The number of hydrogen-bond donors (Lipinski definition) is 1. The Morgan fingerprint density at radius 1 is 1.16 bits per heavy atom. The first-order valence-corrected chi connectivity index (χ1v) is 10.9. The Hall–Kier alpha value is -3.92. The third-order valence-electron chi connectivity index (χ3n) is 6.94. The number of aryl methyl sites for hydroxylation is 1. The van der Waals surface area contributed by atoms with Gasteiger partial charge in [0.1, 0.15) is 17.1 Å². The number of aromatic nitrogens is 4. The van der Waals surface area contributed by atoms with E-state index < -0.39 is 5.41 Å². The van der Waals surface area contributed by atoms with E-state index in [0.29, 0.717) is 23.1 Å². The van der Waals surface area contributed by atoms with Gasteiger partial charge in [0.2, 0.25) is 0 Å². The van der Waals surface area contributed by atoms with Gasteiger partial charge in [0.05, 0.1) is 34.4 Å².